The second-order valence-electron chi connectivity index (χ2n) is 6.19. The van der Waals surface area contributed by atoms with Gasteiger partial charge in [0.1, 0.15) is 17.5 Å². The summed E-state index contributed by atoms with van der Waals surface area (Å²) >= 11 is 0. The molecule has 26 heavy (non-hydrogen) atoms. The van der Waals surface area contributed by atoms with Crippen LogP contribution >= 0.6 is 0 Å². The fraction of sp³-hybridized carbons (Fsp3) is 0.222. The Morgan fingerprint density at radius 2 is 2.19 bits per heavy atom. The Labute approximate surface area is 150 Å². The molecule has 1 unspecified atom stereocenters. The van der Waals surface area contributed by atoms with Crippen molar-refractivity contribution in [3.63, 3.8) is 0 Å². The number of nitrogens with zero attached hydrogens (tertiary/aromatic N) is 6. The van der Waals surface area contributed by atoms with Crippen LogP contribution in [0, 0.1) is 6.92 Å². The van der Waals surface area contributed by atoms with Gasteiger partial charge in [0.05, 0.1) is 29.6 Å². The molecule has 0 amide bonds. The van der Waals surface area contributed by atoms with Crippen molar-refractivity contribution in [3.05, 3.63) is 42.5 Å². The molecular weight excluding hydrogens is 333 g/mol. The van der Waals surface area contributed by atoms with Gasteiger partial charge in [-0.3, -0.25) is 0 Å². The van der Waals surface area contributed by atoms with Crippen molar-refractivity contribution in [1.29, 1.82) is 0 Å². The lowest BCUT2D eigenvalue weighted by Gasteiger charge is -2.07. The van der Waals surface area contributed by atoms with E-state index in [1.807, 2.05) is 25.1 Å². The number of alkyl halides is 1. The third kappa shape index (κ3) is 2.50. The molecule has 0 aliphatic carbocycles. The van der Waals surface area contributed by atoms with Crippen molar-refractivity contribution in [3.8, 4) is 11.3 Å². The Bertz CT molecular complexity index is 1150. The highest BCUT2D eigenvalue weighted by atomic mass is 19.1. The van der Waals surface area contributed by atoms with E-state index in [0.717, 1.165) is 33.8 Å². The number of anilines is 1. The Morgan fingerprint density at radius 3 is 2.92 bits per heavy atom. The SMILES string of the molecule is C=Cc1cc(-c2ccc3nc(C)n(CC(C)F)c3n2)c2cnc(N)nn12.[HH]. The molecule has 2 N–H and O–H groups in total. The van der Waals surface area contributed by atoms with E-state index in [-0.39, 0.29) is 13.9 Å². The number of aryl methyl sites for hydroxylation is 1. The number of rotatable bonds is 4. The monoisotopic (exact) mass is 353 g/mol. The fourth-order valence-electron chi connectivity index (χ4n) is 3.11. The normalized spacial score (nSPS) is 12.7. The number of imidazole rings is 1. The maximum absolute atomic E-state index is 13.6. The first-order valence-electron chi connectivity index (χ1n) is 8.23. The third-order valence-electron chi connectivity index (χ3n) is 4.26. The minimum Gasteiger partial charge on any atom is -0.367 e. The zero-order chi connectivity index (χ0) is 18.4. The molecule has 4 heterocycles. The molecule has 0 aliphatic rings. The second-order valence-corrected chi connectivity index (χ2v) is 6.19. The number of nitrogens with two attached hydrogens (primary N) is 1. The number of aromatic nitrogens is 6. The summed E-state index contributed by atoms with van der Waals surface area (Å²) in [6, 6.07) is 5.70. The topological polar surface area (TPSA) is 86.9 Å². The zero-order valence-electron chi connectivity index (χ0n) is 14.5. The summed E-state index contributed by atoms with van der Waals surface area (Å²) in [6.45, 7) is 7.41. The Morgan fingerprint density at radius 1 is 1.38 bits per heavy atom. The van der Waals surface area contributed by atoms with Gasteiger partial charge in [0.15, 0.2) is 5.65 Å². The van der Waals surface area contributed by atoms with Crippen LogP contribution in [0.2, 0.25) is 0 Å². The lowest BCUT2D eigenvalue weighted by Crippen LogP contribution is -2.09. The standard InChI is InChI=1S/C18H18FN7.H2/c1-4-12-7-13(16-8-21-18(20)24-26(12)16)14-5-6-15-17(23-14)25(9-10(2)19)11(3)22-15;/h4-8,10H,1,9H2,2-3H3,(H2,20,24);1H. The van der Waals surface area contributed by atoms with Gasteiger partial charge in [-0.2, -0.15) is 0 Å². The van der Waals surface area contributed by atoms with E-state index < -0.39 is 6.17 Å². The predicted molar refractivity (Wildman–Crippen MR) is 101 cm³/mol. The van der Waals surface area contributed by atoms with Crippen LogP contribution in [0.5, 0.6) is 0 Å². The van der Waals surface area contributed by atoms with Gasteiger partial charge in [-0.15, -0.1) is 5.10 Å². The number of hydrogen-bond donors (Lipinski definition) is 1. The molecule has 8 heteroatoms. The fourth-order valence-corrected chi connectivity index (χ4v) is 3.11. The summed E-state index contributed by atoms with van der Waals surface area (Å²) in [5.74, 6) is 0.913. The number of halogens is 1. The largest absolute Gasteiger partial charge is 0.367 e. The van der Waals surface area contributed by atoms with Gasteiger partial charge in [-0.25, -0.2) is 23.9 Å². The summed E-state index contributed by atoms with van der Waals surface area (Å²) < 4.78 is 17.1. The van der Waals surface area contributed by atoms with Crippen LogP contribution in [0.3, 0.4) is 0 Å². The average molecular weight is 353 g/mol. The molecule has 0 fully saturated rings. The minimum absolute atomic E-state index is 0. The second kappa shape index (κ2) is 5.91. The van der Waals surface area contributed by atoms with Crippen molar-refractivity contribution in [2.75, 3.05) is 5.73 Å². The molecule has 0 aromatic carbocycles. The molecule has 0 saturated carbocycles. The van der Waals surface area contributed by atoms with E-state index in [1.165, 1.54) is 6.92 Å². The predicted octanol–water partition coefficient (Wildman–Crippen LogP) is 3.28. The van der Waals surface area contributed by atoms with Gasteiger partial charge in [0.2, 0.25) is 5.95 Å². The van der Waals surface area contributed by atoms with E-state index in [1.54, 1.807) is 21.4 Å². The molecule has 0 aliphatic heterocycles. The smallest absolute Gasteiger partial charge is 0.238 e. The number of nitrogen functional groups attached to an aromatic ring is 1. The molecule has 1 atom stereocenters. The molecule has 0 spiro atoms. The Kier molecular flexibility index (Phi) is 3.68. The highest BCUT2D eigenvalue weighted by molar-refractivity contribution is 5.84. The molecule has 134 valence electrons. The maximum Gasteiger partial charge on any atom is 0.238 e. The van der Waals surface area contributed by atoms with E-state index in [2.05, 4.69) is 21.6 Å². The van der Waals surface area contributed by atoms with Gasteiger partial charge >= 0.3 is 0 Å². The first kappa shape index (κ1) is 16.2. The number of pyridine rings is 1. The quantitative estimate of drug-likeness (QED) is 0.608. The van der Waals surface area contributed by atoms with Gasteiger partial charge in [0.25, 0.3) is 0 Å². The summed E-state index contributed by atoms with van der Waals surface area (Å²) in [5.41, 5.74) is 10.2. The molecule has 4 aromatic rings. The summed E-state index contributed by atoms with van der Waals surface area (Å²) in [7, 11) is 0. The van der Waals surface area contributed by atoms with Crippen molar-refractivity contribution in [1.82, 2.24) is 29.1 Å². The van der Waals surface area contributed by atoms with Crippen LogP contribution in [0.1, 0.15) is 19.9 Å². The van der Waals surface area contributed by atoms with Crippen LogP contribution in [0.25, 0.3) is 34.0 Å². The van der Waals surface area contributed by atoms with Gasteiger partial charge < -0.3 is 10.3 Å². The summed E-state index contributed by atoms with van der Waals surface area (Å²) in [6.07, 6.45) is 2.36. The van der Waals surface area contributed by atoms with E-state index in [4.69, 9.17) is 10.7 Å². The summed E-state index contributed by atoms with van der Waals surface area (Å²) in [5, 5.41) is 4.23. The van der Waals surface area contributed by atoms with Gasteiger partial charge in [-0.1, -0.05) is 6.58 Å². The molecule has 7 nitrogen and oxygen atoms in total. The molecule has 4 rings (SSSR count). The molecule has 0 radical (unpaired) electrons. The van der Waals surface area contributed by atoms with Crippen LogP contribution in [0.15, 0.2) is 31.0 Å². The van der Waals surface area contributed by atoms with E-state index >= 15 is 0 Å². The van der Waals surface area contributed by atoms with Crippen molar-refractivity contribution < 1.29 is 5.82 Å². The highest BCUT2D eigenvalue weighted by Crippen LogP contribution is 2.28. The zero-order valence-corrected chi connectivity index (χ0v) is 14.5. The highest BCUT2D eigenvalue weighted by Gasteiger charge is 2.16. The number of fused-ring (bicyclic) bond motifs is 2. The van der Waals surface area contributed by atoms with Gasteiger partial charge in [-0.05, 0) is 38.1 Å². The Hall–Kier alpha value is -3.29. The first-order chi connectivity index (χ1) is 12.5. The maximum atomic E-state index is 13.6. The first-order valence-corrected chi connectivity index (χ1v) is 8.23. The Balaban J connectivity index is 0.00000210. The minimum atomic E-state index is -0.990. The lowest BCUT2D eigenvalue weighted by atomic mass is 10.2. The van der Waals surface area contributed by atoms with Crippen LogP contribution in [0.4, 0.5) is 10.3 Å². The molecular formula is C18H20FN7. The molecule has 0 bridgehead atoms. The number of hydrogen-bond acceptors (Lipinski definition) is 5. The summed E-state index contributed by atoms with van der Waals surface area (Å²) in [4.78, 5) is 13.3. The van der Waals surface area contributed by atoms with Gasteiger partial charge in [0, 0.05) is 6.99 Å². The van der Waals surface area contributed by atoms with Crippen LogP contribution in [-0.4, -0.2) is 35.3 Å². The van der Waals surface area contributed by atoms with Crippen molar-refractivity contribution in [2.45, 2.75) is 26.6 Å². The molecule has 4 aromatic heterocycles. The molecule has 0 saturated heterocycles. The van der Waals surface area contributed by atoms with Crippen molar-refractivity contribution in [2.24, 2.45) is 0 Å². The van der Waals surface area contributed by atoms with Crippen molar-refractivity contribution >= 4 is 28.7 Å². The van der Waals surface area contributed by atoms with E-state index in [9.17, 15) is 4.39 Å². The third-order valence-corrected chi connectivity index (χ3v) is 4.26. The van der Waals surface area contributed by atoms with E-state index in [0.29, 0.717) is 5.65 Å². The van der Waals surface area contributed by atoms with Crippen LogP contribution < -0.4 is 5.73 Å². The van der Waals surface area contributed by atoms with Crippen LogP contribution in [-0.2, 0) is 6.54 Å². The lowest BCUT2D eigenvalue weighted by molar-refractivity contribution is 0.321. The average Bonchev–Trinajstić information content (AvgIpc) is 3.11.